The van der Waals surface area contributed by atoms with Crippen LogP contribution in [0.15, 0.2) is 79.3 Å². The van der Waals surface area contributed by atoms with Gasteiger partial charge in [0.1, 0.15) is 18.2 Å². The minimum Gasteiger partial charge on any atom is -0.440 e. The lowest BCUT2D eigenvalue weighted by atomic mass is 10.1. The fourth-order valence-electron chi connectivity index (χ4n) is 3.90. The molecule has 3 aromatic carbocycles. The van der Waals surface area contributed by atoms with Crippen LogP contribution in [0.2, 0.25) is 5.02 Å². The number of carbonyl (C=O) groups is 1. The highest BCUT2D eigenvalue weighted by Crippen LogP contribution is 2.30. The average molecular weight is 527 g/mol. The lowest BCUT2D eigenvalue weighted by Gasteiger charge is -2.14. The van der Waals surface area contributed by atoms with Crippen LogP contribution in [0.1, 0.15) is 18.7 Å². The summed E-state index contributed by atoms with van der Waals surface area (Å²) in [6, 6.07) is 18.0. The SMILES string of the molecule is CC(OC(=O)Nc1ccc2c(ccc3c2ncn3-c2ccc(OC(F)(F)F)cc2)c1)c1ccc(Cl)cn1. The summed E-state index contributed by atoms with van der Waals surface area (Å²) < 4.78 is 48.4. The van der Waals surface area contributed by atoms with Gasteiger partial charge in [0.15, 0.2) is 0 Å². The number of imidazole rings is 1. The van der Waals surface area contributed by atoms with E-state index in [1.54, 1.807) is 42.1 Å². The second-order valence-corrected chi connectivity index (χ2v) is 8.54. The Bertz CT molecular complexity index is 1590. The molecule has 0 aliphatic rings. The highest BCUT2D eigenvalue weighted by Gasteiger charge is 2.31. The van der Waals surface area contributed by atoms with Crippen molar-refractivity contribution in [2.75, 3.05) is 5.32 Å². The van der Waals surface area contributed by atoms with Gasteiger partial charge in [0.2, 0.25) is 0 Å². The van der Waals surface area contributed by atoms with Crippen LogP contribution < -0.4 is 10.1 Å². The van der Waals surface area contributed by atoms with Crippen LogP contribution in [0.3, 0.4) is 0 Å². The maximum atomic E-state index is 12.4. The van der Waals surface area contributed by atoms with Crippen molar-refractivity contribution in [1.82, 2.24) is 14.5 Å². The second kappa shape index (κ2) is 9.62. The minimum absolute atomic E-state index is 0.302. The van der Waals surface area contributed by atoms with Gasteiger partial charge in [-0.15, -0.1) is 13.2 Å². The molecule has 0 spiro atoms. The van der Waals surface area contributed by atoms with Gasteiger partial charge in [0.25, 0.3) is 0 Å². The van der Waals surface area contributed by atoms with E-state index in [9.17, 15) is 18.0 Å². The van der Waals surface area contributed by atoms with Crippen LogP contribution in [0.5, 0.6) is 5.75 Å². The Morgan fingerprint density at radius 3 is 2.51 bits per heavy atom. The van der Waals surface area contributed by atoms with Crippen LogP contribution >= 0.6 is 11.6 Å². The number of carbonyl (C=O) groups excluding carboxylic acids is 1. The molecule has 2 aromatic heterocycles. The number of nitrogens with zero attached hydrogens (tertiary/aromatic N) is 3. The van der Waals surface area contributed by atoms with E-state index in [0.717, 1.165) is 16.3 Å². The quantitative estimate of drug-likeness (QED) is 0.257. The zero-order chi connectivity index (χ0) is 26.2. The van der Waals surface area contributed by atoms with E-state index in [0.29, 0.717) is 27.6 Å². The van der Waals surface area contributed by atoms with Crippen molar-refractivity contribution < 1.29 is 27.4 Å². The van der Waals surface area contributed by atoms with Gasteiger partial charge in [0.05, 0.1) is 21.7 Å². The van der Waals surface area contributed by atoms with Crippen LogP contribution in [-0.2, 0) is 4.74 Å². The molecule has 0 saturated carbocycles. The standard InChI is InChI=1S/C26H18ClF3N4O3/c1-15(22-10-3-17(27)13-31-22)36-25(35)33-18-4-9-21-16(12-18)2-11-23-24(21)32-14-34(23)19-5-7-20(8-6-19)37-26(28,29)30/h2-15H,1H3,(H,33,35). The zero-order valence-corrected chi connectivity index (χ0v) is 19.9. The monoisotopic (exact) mass is 526 g/mol. The molecule has 5 aromatic rings. The molecule has 1 atom stereocenters. The van der Waals surface area contributed by atoms with Gasteiger partial charge in [-0.1, -0.05) is 23.7 Å². The number of halogens is 4. The first-order valence-corrected chi connectivity index (χ1v) is 11.4. The van der Waals surface area contributed by atoms with E-state index < -0.39 is 18.6 Å². The summed E-state index contributed by atoms with van der Waals surface area (Å²) in [4.78, 5) is 21.0. The lowest BCUT2D eigenvalue weighted by molar-refractivity contribution is -0.274. The number of hydrogen-bond acceptors (Lipinski definition) is 5. The molecule has 7 nitrogen and oxygen atoms in total. The number of hydrogen-bond donors (Lipinski definition) is 1. The largest absolute Gasteiger partial charge is 0.573 e. The topological polar surface area (TPSA) is 78.3 Å². The van der Waals surface area contributed by atoms with E-state index in [2.05, 4.69) is 20.0 Å². The molecule has 0 saturated heterocycles. The number of aromatic nitrogens is 3. The molecule has 0 bridgehead atoms. The fraction of sp³-hybridized carbons (Fsp3) is 0.115. The van der Waals surface area contributed by atoms with Gasteiger partial charge in [-0.25, -0.2) is 9.78 Å². The van der Waals surface area contributed by atoms with Crippen molar-refractivity contribution in [2.45, 2.75) is 19.4 Å². The Balaban J connectivity index is 1.34. The normalized spacial score (nSPS) is 12.5. The van der Waals surface area contributed by atoms with Crippen molar-refractivity contribution >= 4 is 45.2 Å². The average Bonchev–Trinajstić information content (AvgIpc) is 3.28. The number of alkyl halides is 3. The van der Waals surface area contributed by atoms with E-state index >= 15 is 0 Å². The summed E-state index contributed by atoms with van der Waals surface area (Å²) >= 11 is 5.84. The predicted octanol–water partition coefficient (Wildman–Crippen LogP) is 7.44. The molecule has 188 valence electrons. The third-order valence-electron chi connectivity index (χ3n) is 5.58. The zero-order valence-electron chi connectivity index (χ0n) is 19.2. The molecule has 0 aliphatic carbocycles. The molecular formula is C26H18ClF3N4O3. The highest BCUT2D eigenvalue weighted by molar-refractivity contribution is 6.30. The van der Waals surface area contributed by atoms with E-state index in [1.165, 1.54) is 30.5 Å². The fourth-order valence-corrected chi connectivity index (χ4v) is 4.01. The first-order chi connectivity index (χ1) is 17.7. The molecule has 0 radical (unpaired) electrons. The number of amides is 1. The summed E-state index contributed by atoms with van der Waals surface area (Å²) in [5.41, 5.74) is 3.19. The van der Waals surface area contributed by atoms with Crippen LogP contribution in [0, 0.1) is 0 Å². The molecule has 1 amide bonds. The van der Waals surface area contributed by atoms with E-state index in [4.69, 9.17) is 16.3 Å². The number of benzene rings is 3. The smallest absolute Gasteiger partial charge is 0.440 e. The maximum Gasteiger partial charge on any atom is 0.573 e. The molecule has 0 fully saturated rings. The molecule has 5 rings (SSSR count). The first kappa shape index (κ1) is 24.4. The van der Waals surface area contributed by atoms with Gasteiger partial charge in [-0.05, 0) is 66.9 Å². The summed E-state index contributed by atoms with van der Waals surface area (Å²) in [5.74, 6) is -0.302. The first-order valence-electron chi connectivity index (χ1n) is 11.0. The Hall–Kier alpha value is -4.31. The predicted molar refractivity (Wildman–Crippen MR) is 133 cm³/mol. The van der Waals surface area contributed by atoms with Crippen LogP contribution in [0.25, 0.3) is 27.5 Å². The van der Waals surface area contributed by atoms with E-state index in [-0.39, 0.29) is 5.75 Å². The number of nitrogens with one attached hydrogen (secondary N) is 1. The van der Waals surface area contributed by atoms with E-state index in [1.807, 2.05) is 18.2 Å². The Morgan fingerprint density at radius 1 is 1.03 bits per heavy atom. The third-order valence-corrected chi connectivity index (χ3v) is 5.80. The molecule has 1 unspecified atom stereocenters. The number of anilines is 1. The van der Waals surface area contributed by atoms with Gasteiger partial charge in [0, 0.05) is 23.0 Å². The van der Waals surface area contributed by atoms with Gasteiger partial charge in [-0.2, -0.15) is 0 Å². The van der Waals surface area contributed by atoms with Crippen LogP contribution in [0.4, 0.5) is 23.7 Å². The Morgan fingerprint density at radius 2 is 1.81 bits per heavy atom. The Labute approximate surface area is 213 Å². The molecule has 11 heteroatoms. The molecule has 1 N–H and O–H groups in total. The molecule has 37 heavy (non-hydrogen) atoms. The van der Waals surface area contributed by atoms with Crippen molar-refractivity contribution in [1.29, 1.82) is 0 Å². The van der Waals surface area contributed by atoms with Gasteiger partial charge >= 0.3 is 12.5 Å². The van der Waals surface area contributed by atoms with Gasteiger partial charge < -0.3 is 9.47 Å². The number of rotatable bonds is 5. The summed E-state index contributed by atoms with van der Waals surface area (Å²) in [7, 11) is 0. The Kier molecular flexibility index (Phi) is 6.34. The number of pyridine rings is 1. The number of ether oxygens (including phenoxy) is 2. The summed E-state index contributed by atoms with van der Waals surface area (Å²) in [5, 5.41) is 4.87. The molecule has 0 aliphatic heterocycles. The van der Waals surface area contributed by atoms with Gasteiger partial charge in [-0.3, -0.25) is 14.9 Å². The second-order valence-electron chi connectivity index (χ2n) is 8.10. The van der Waals surface area contributed by atoms with Crippen molar-refractivity contribution in [3.63, 3.8) is 0 Å². The van der Waals surface area contributed by atoms with Crippen molar-refractivity contribution in [3.05, 3.63) is 90.0 Å². The highest BCUT2D eigenvalue weighted by atomic mass is 35.5. The van der Waals surface area contributed by atoms with Crippen LogP contribution in [-0.4, -0.2) is 27.0 Å². The summed E-state index contributed by atoms with van der Waals surface area (Å²) in [6.45, 7) is 1.71. The maximum absolute atomic E-state index is 12.4. The van der Waals surface area contributed by atoms with Crippen molar-refractivity contribution in [3.8, 4) is 11.4 Å². The molecular weight excluding hydrogens is 509 g/mol. The minimum atomic E-state index is -4.75. The van der Waals surface area contributed by atoms with Crippen molar-refractivity contribution in [2.24, 2.45) is 0 Å². The third kappa shape index (κ3) is 5.44. The molecule has 2 heterocycles. The lowest BCUT2D eigenvalue weighted by Crippen LogP contribution is -2.17. The summed E-state index contributed by atoms with van der Waals surface area (Å²) in [6.07, 6.45) is -2.88. The number of fused-ring (bicyclic) bond motifs is 3.